The van der Waals surface area contributed by atoms with Crippen molar-refractivity contribution in [2.45, 2.75) is 0 Å². The summed E-state index contributed by atoms with van der Waals surface area (Å²) in [6, 6.07) is 7.22. The summed E-state index contributed by atoms with van der Waals surface area (Å²) in [6.07, 6.45) is 0. The SMILES string of the molecule is Cl.Cl.Oc1ccccc1I.[Zr]. The Balaban J connectivity index is -0.000000213. The van der Waals surface area contributed by atoms with Gasteiger partial charge < -0.3 is 5.11 Å². The van der Waals surface area contributed by atoms with E-state index in [4.69, 9.17) is 5.11 Å². The van der Waals surface area contributed by atoms with E-state index in [9.17, 15) is 0 Å². The maximum atomic E-state index is 8.91. The molecule has 11 heavy (non-hydrogen) atoms. The second kappa shape index (κ2) is 9.30. The fourth-order valence-electron chi connectivity index (χ4n) is 0.452. The van der Waals surface area contributed by atoms with Crippen LogP contribution in [0.2, 0.25) is 0 Å². The fraction of sp³-hybridized carbons (Fsp3) is 0. The molecule has 0 spiro atoms. The molecule has 1 aromatic carbocycles. The number of phenolic OH excluding ortho intramolecular Hbond substituents is 1. The molecule has 0 aliphatic carbocycles. The van der Waals surface area contributed by atoms with Crippen molar-refractivity contribution in [1.29, 1.82) is 0 Å². The molecule has 1 N–H and O–H groups in total. The van der Waals surface area contributed by atoms with Gasteiger partial charge in [-0.1, -0.05) is 12.1 Å². The van der Waals surface area contributed by atoms with Gasteiger partial charge in [0.2, 0.25) is 0 Å². The van der Waals surface area contributed by atoms with Crippen LogP contribution < -0.4 is 0 Å². The molecule has 0 heterocycles. The second-order valence-electron chi connectivity index (χ2n) is 1.45. The van der Waals surface area contributed by atoms with Gasteiger partial charge in [-0.15, -0.1) is 24.8 Å². The Hall–Kier alpha value is 1.21. The van der Waals surface area contributed by atoms with Gasteiger partial charge in [-0.05, 0) is 34.7 Å². The summed E-state index contributed by atoms with van der Waals surface area (Å²) in [4.78, 5) is 0. The molecule has 1 rings (SSSR count). The average molecular weight is 384 g/mol. The Labute approximate surface area is 111 Å². The van der Waals surface area contributed by atoms with E-state index in [1.165, 1.54) is 0 Å². The summed E-state index contributed by atoms with van der Waals surface area (Å²) in [5.74, 6) is 0.355. The molecule has 1 nitrogen and oxygen atoms in total. The first-order valence-corrected chi connectivity index (χ1v) is 3.32. The largest absolute Gasteiger partial charge is 0.507 e. The van der Waals surface area contributed by atoms with Crippen molar-refractivity contribution in [1.82, 2.24) is 0 Å². The molecule has 0 aliphatic rings. The quantitative estimate of drug-likeness (QED) is 0.683. The van der Waals surface area contributed by atoms with Crippen molar-refractivity contribution in [2.75, 3.05) is 0 Å². The maximum Gasteiger partial charge on any atom is 0.128 e. The molecule has 62 valence electrons. The fourth-order valence-corrected chi connectivity index (χ4v) is 0.839. The number of rotatable bonds is 0. The van der Waals surface area contributed by atoms with Crippen LogP contribution in [0.1, 0.15) is 0 Å². The first-order valence-electron chi connectivity index (χ1n) is 2.24. The summed E-state index contributed by atoms with van der Waals surface area (Å²) in [5, 5.41) is 8.91. The van der Waals surface area contributed by atoms with Crippen molar-refractivity contribution in [3.63, 3.8) is 0 Å². The summed E-state index contributed by atoms with van der Waals surface area (Å²) >= 11 is 2.07. The van der Waals surface area contributed by atoms with Crippen molar-refractivity contribution in [2.24, 2.45) is 0 Å². The van der Waals surface area contributed by atoms with Crippen LogP contribution in [0.4, 0.5) is 0 Å². The molecule has 1 aromatic rings. The molecule has 0 fully saturated rings. The van der Waals surface area contributed by atoms with Gasteiger partial charge in [0, 0.05) is 26.2 Å². The van der Waals surface area contributed by atoms with Crippen molar-refractivity contribution in [3.05, 3.63) is 27.8 Å². The monoisotopic (exact) mass is 382 g/mol. The summed E-state index contributed by atoms with van der Waals surface area (Å²) in [7, 11) is 0. The van der Waals surface area contributed by atoms with Crippen LogP contribution in [0.15, 0.2) is 24.3 Å². The molecule has 0 saturated carbocycles. The van der Waals surface area contributed by atoms with Gasteiger partial charge in [0.1, 0.15) is 5.75 Å². The van der Waals surface area contributed by atoms with E-state index in [1.807, 2.05) is 12.1 Å². The molecule has 5 heteroatoms. The number of phenols is 1. The number of hydrogen-bond acceptors (Lipinski definition) is 1. The predicted molar refractivity (Wildman–Crippen MR) is 55.3 cm³/mol. The Morgan fingerprint density at radius 1 is 1.09 bits per heavy atom. The van der Waals surface area contributed by atoms with Gasteiger partial charge in [-0.2, -0.15) is 0 Å². The average Bonchev–Trinajstić information content (AvgIpc) is 1.77. The van der Waals surface area contributed by atoms with E-state index in [-0.39, 0.29) is 51.0 Å². The first-order chi connectivity index (χ1) is 3.80. The minimum absolute atomic E-state index is 0. The number of hydrogen-bond donors (Lipinski definition) is 1. The van der Waals surface area contributed by atoms with Gasteiger partial charge in [-0.3, -0.25) is 0 Å². The van der Waals surface area contributed by atoms with Crippen LogP contribution in [0.25, 0.3) is 0 Å². The molecule has 0 bridgehead atoms. The molecular weight excluding hydrogens is 377 g/mol. The topological polar surface area (TPSA) is 20.2 Å². The Bertz CT molecular complexity index is 177. The van der Waals surface area contributed by atoms with Crippen LogP contribution >= 0.6 is 47.4 Å². The van der Waals surface area contributed by atoms with E-state index in [0.717, 1.165) is 3.57 Å². The molecule has 0 aliphatic heterocycles. The van der Waals surface area contributed by atoms with E-state index >= 15 is 0 Å². The van der Waals surface area contributed by atoms with Crippen LogP contribution in [-0.4, -0.2) is 5.11 Å². The van der Waals surface area contributed by atoms with Crippen molar-refractivity contribution < 1.29 is 31.3 Å². The second-order valence-corrected chi connectivity index (χ2v) is 2.61. The molecule has 0 atom stereocenters. The summed E-state index contributed by atoms with van der Waals surface area (Å²) in [6.45, 7) is 0. The van der Waals surface area contributed by atoms with Crippen LogP contribution in [-0.2, 0) is 26.2 Å². The number of halogens is 3. The summed E-state index contributed by atoms with van der Waals surface area (Å²) in [5.41, 5.74) is 0. The zero-order valence-electron chi connectivity index (χ0n) is 5.45. The Morgan fingerprint density at radius 3 is 1.82 bits per heavy atom. The number of aromatic hydroxyl groups is 1. The van der Waals surface area contributed by atoms with Gasteiger partial charge >= 0.3 is 0 Å². The van der Waals surface area contributed by atoms with Crippen molar-refractivity contribution >= 4 is 47.4 Å². The zero-order valence-corrected chi connectivity index (χ0v) is 11.7. The van der Waals surface area contributed by atoms with E-state index < -0.39 is 0 Å². The number of para-hydroxylation sites is 1. The van der Waals surface area contributed by atoms with Gasteiger partial charge in [0.05, 0.1) is 3.57 Å². The van der Waals surface area contributed by atoms with Gasteiger partial charge in [0.25, 0.3) is 0 Å². The third-order valence-corrected chi connectivity index (χ3v) is 1.76. The van der Waals surface area contributed by atoms with E-state index in [1.54, 1.807) is 12.1 Å². The van der Waals surface area contributed by atoms with E-state index in [2.05, 4.69) is 22.6 Å². The minimum atomic E-state index is 0. The molecular formula is C6H7Cl2IOZr. The third kappa shape index (κ3) is 6.38. The first kappa shape index (κ1) is 18.1. The maximum absolute atomic E-state index is 8.91. The minimum Gasteiger partial charge on any atom is -0.507 e. The molecule has 0 amide bonds. The standard InChI is InChI=1S/C6H5IO.2ClH.Zr/c7-5-3-1-2-4-6(5)8;;;/h1-4,8H;2*1H;. The van der Waals surface area contributed by atoms with E-state index in [0.29, 0.717) is 5.75 Å². The van der Waals surface area contributed by atoms with Crippen molar-refractivity contribution in [3.8, 4) is 5.75 Å². The third-order valence-electron chi connectivity index (χ3n) is 0.852. The zero-order chi connectivity index (χ0) is 5.98. The normalized spacial score (nSPS) is 6.64. The molecule has 0 saturated heterocycles. The molecule has 0 radical (unpaired) electrons. The molecule has 0 unspecified atom stereocenters. The Kier molecular flexibility index (Phi) is 15.3. The molecule has 0 aromatic heterocycles. The van der Waals surface area contributed by atoms with Crippen LogP contribution in [0.5, 0.6) is 5.75 Å². The van der Waals surface area contributed by atoms with Gasteiger partial charge in [-0.25, -0.2) is 0 Å². The van der Waals surface area contributed by atoms with Crippen LogP contribution in [0, 0.1) is 3.57 Å². The predicted octanol–water partition coefficient (Wildman–Crippen LogP) is 2.84. The van der Waals surface area contributed by atoms with Gasteiger partial charge in [0.15, 0.2) is 0 Å². The Morgan fingerprint density at radius 2 is 1.55 bits per heavy atom. The summed E-state index contributed by atoms with van der Waals surface area (Å²) < 4.78 is 0.894. The number of benzene rings is 1. The smallest absolute Gasteiger partial charge is 0.128 e. The van der Waals surface area contributed by atoms with Crippen LogP contribution in [0.3, 0.4) is 0 Å².